The lowest BCUT2D eigenvalue weighted by Gasteiger charge is -2.16. The minimum absolute atomic E-state index is 0. The Morgan fingerprint density at radius 3 is 2.36 bits per heavy atom. The smallest absolute Gasteiger partial charge is 0.161 e. The highest BCUT2D eigenvalue weighted by atomic mass is 35.5. The van der Waals surface area contributed by atoms with Crippen LogP contribution in [0, 0.1) is 0 Å². The first-order valence-corrected chi connectivity index (χ1v) is 9.36. The molecule has 0 saturated heterocycles. The molecule has 5 heteroatoms. The monoisotopic (exact) mass is 417 g/mol. The number of ether oxygens (including phenoxy) is 2. The van der Waals surface area contributed by atoms with E-state index in [0.717, 1.165) is 17.7 Å². The fourth-order valence-electron chi connectivity index (χ4n) is 2.84. The van der Waals surface area contributed by atoms with E-state index in [2.05, 4.69) is 42.6 Å². The number of rotatable bonds is 8. The maximum Gasteiger partial charge on any atom is 0.161 e. The first-order valence-electron chi connectivity index (χ1n) is 8.99. The summed E-state index contributed by atoms with van der Waals surface area (Å²) < 4.78 is 11.4. The molecular formula is C23H25Cl2NO2. The fraction of sp³-hybridized carbons (Fsp3) is 0.217. The highest BCUT2D eigenvalue weighted by Crippen LogP contribution is 2.30. The molecular weight excluding hydrogens is 393 g/mol. The van der Waals surface area contributed by atoms with Crippen molar-refractivity contribution in [3.8, 4) is 11.5 Å². The summed E-state index contributed by atoms with van der Waals surface area (Å²) in [5.74, 6) is 1.42. The Hall–Kier alpha value is -2.20. The molecule has 0 amide bonds. The van der Waals surface area contributed by atoms with Crippen molar-refractivity contribution < 1.29 is 9.47 Å². The summed E-state index contributed by atoms with van der Waals surface area (Å²) in [5.41, 5.74) is 3.35. The highest BCUT2D eigenvalue weighted by Gasteiger charge is 2.09. The Bertz CT molecular complexity index is 871. The van der Waals surface area contributed by atoms with Crippen LogP contribution >= 0.6 is 24.0 Å². The summed E-state index contributed by atoms with van der Waals surface area (Å²) in [5, 5.41) is 4.24. The molecule has 0 fully saturated rings. The first kappa shape index (κ1) is 22.1. The second-order valence-electron chi connectivity index (χ2n) is 6.38. The van der Waals surface area contributed by atoms with Gasteiger partial charge in [0.15, 0.2) is 11.5 Å². The third kappa shape index (κ3) is 5.90. The summed E-state index contributed by atoms with van der Waals surface area (Å²) >= 11 is 6.19. The second kappa shape index (κ2) is 11.0. The number of nitrogens with one attached hydrogen (secondary N) is 1. The molecule has 1 N–H and O–H groups in total. The zero-order valence-corrected chi connectivity index (χ0v) is 17.6. The van der Waals surface area contributed by atoms with Crippen LogP contribution in [0.15, 0.2) is 72.8 Å². The Morgan fingerprint density at radius 2 is 1.64 bits per heavy atom. The van der Waals surface area contributed by atoms with Crippen molar-refractivity contribution in [2.75, 3.05) is 7.11 Å². The van der Waals surface area contributed by atoms with Crippen LogP contribution in [-0.4, -0.2) is 7.11 Å². The van der Waals surface area contributed by atoms with Gasteiger partial charge in [-0.1, -0.05) is 66.2 Å². The van der Waals surface area contributed by atoms with Gasteiger partial charge in [-0.3, -0.25) is 0 Å². The predicted octanol–water partition coefficient (Wildman–Crippen LogP) is 6.20. The first-order chi connectivity index (χ1) is 13.2. The van der Waals surface area contributed by atoms with E-state index in [1.807, 2.05) is 42.5 Å². The van der Waals surface area contributed by atoms with E-state index >= 15 is 0 Å². The molecule has 1 atom stereocenters. The van der Waals surface area contributed by atoms with E-state index in [-0.39, 0.29) is 18.4 Å². The third-order valence-corrected chi connectivity index (χ3v) is 4.85. The summed E-state index contributed by atoms with van der Waals surface area (Å²) in [6.45, 7) is 3.31. The van der Waals surface area contributed by atoms with Gasteiger partial charge in [0.1, 0.15) is 6.61 Å². The maximum atomic E-state index is 6.19. The van der Waals surface area contributed by atoms with E-state index < -0.39 is 0 Å². The van der Waals surface area contributed by atoms with Gasteiger partial charge in [-0.2, -0.15) is 0 Å². The molecule has 0 aliphatic carbocycles. The molecule has 3 nitrogen and oxygen atoms in total. The number of hydrogen-bond donors (Lipinski definition) is 1. The quantitative estimate of drug-likeness (QED) is 0.473. The van der Waals surface area contributed by atoms with Gasteiger partial charge in [-0.25, -0.2) is 0 Å². The lowest BCUT2D eigenvalue weighted by molar-refractivity contribution is 0.284. The molecule has 0 aliphatic heterocycles. The molecule has 0 radical (unpaired) electrons. The topological polar surface area (TPSA) is 30.5 Å². The van der Waals surface area contributed by atoms with Gasteiger partial charge in [-0.15, -0.1) is 12.4 Å². The number of halogens is 2. The van der Waals surface area contributed by atoms with E-state index in [9.17, 15) is 0 Å². The molecule has 0 spiro atoms. The van der Waals surface area contributed by atoms with Crippen LogP contribution in [0.2, 0.25) is 5.02 Å². The van der Waals surface area contributed by atoms with E-state index in [0.29, 0.717) is 23.1 Å². The predicted molar refractivity (Wildman–Crippen MR) is 118 cm³/mol. The fourth-order valence-corrected chi connectivity index (χ4v) is 3.03. The van der Waals surface area contributed by atoms with Crippen LogP contribution in [0.1, 0.15) is 29.7 Å². The van der Waals surface area contributed by atoms with Crippen LogP contribution in [0.4, 0.5) is 0 Å². The zero-order chi connectivity index (χ0) is 19.1. The number of methoxy groups -OCH3 is 1. The maximum absolute atomic E-state index is 6.19. The van der Waals surface area contributed by atoms with Crippen molar-refractivity contribution in [3.63, 3.8) is 0 Å². The molecule has 0 aliphatic rings. The van der Waals surface area contributed by atoms with E-state index in [1.165, 1.54) is 5.56 Å². The van der Waals surface area contributed by atoms with Crippen molar-refractivity contribution in [2.45, 2.75) is 26.1 Å². The molecule has 3 rings (SSSR count). The van der Waals surface area contributed by atoms with Gasteiger partial charge in [0.25, 0.3) is 0 Å². The lowest BCUT2D eigenvalue weighted by Crippen LogP contribution is -2.18. The molecule has 0 bridgehead atoms. The minimum Gasteiger partial charge on any atom is -0.493 e. The third-order valence-electron chi connectivity index (χ3n) is 4.48. The largest absolute Gasteiger partial charge is 0.493 e. The Morgan fingerprint density at radius 1 is 0.929 bits per heavy atom. The van der Waals surface area contributed by atoms with Crippen molar-refractivity contribution >= 4 is 24.0 Å². The average Bonchev–Trinajstić information content (AvgIpc) is 2.72. The van der Waals surface area contributed by atoms with Gasteiger partial charge < -0.3 is 14.8 Å². The van der Waals surface area contributed by atoms with Crippen LogP contribution in [0.25, 0.3) is 0 Å². The second-order valence-corrected chi connectivity index (χ2v) is 6.79. The molecule has 0 aromatic heterocycles. The standard InChI is InChI=1S/C23H24ClNO2.ClH/c1-17(19-8-4-3-5-9-19)25-15-18-12-13-22(23(14-18)26-2)27-16-20-10-6-7-11-21(20)24;/h3-14,17,25H,15-16H2,1-2H3;1H. The summed E-state index contributed by atoms with van der Waals surface area (Å²) in [6.07, 6.45) is 0. The molecule has 28 heavy (non-hydrogen) atoms. The SMILES string of the molecule is COc1cc(CNC(C)c2ccccc2)ccc1OCc1ccccc1Cl.Cl. The van der Waals surface area contributed by atoms with Crippen LogP contribution in [0.3, 0.4) is 0 Å². The molecule has 0 saturated carbocycles. The van der Waals surface area contributed by atoms with E-state index in [1.54, 1.807) is 7.11 Å². The van der Waals surface area contributed by atoms with Gasteiger partial charge in [0.05, 0.1) is 7.11 Å². The highest BCUT2D eigenvalue weighted by molar-refractivity contribution is 6.31. The normalized spacial score (nSPS) is 11.4. The molecule has 3 aromatic carbocycles. The number of benzene rings is 3. The summed E-state index contributed by atoms with van der Waals surface area (Å²) in [7, 11) is 1.65. The van der Waals surface area contributed by atoms with Crippen LogP contribution in [-0.2, 0) is 13.2 Å². The number of hydrogen-bond acceptors (Lipinski definition) is 3. The van der Waals surface area contributed by atoms with E-state index in [4.69, 9.17) is 21.1 Å². The molecule has 1 unspecified atom stereocenters. The molecule has 0 heterocycles. The lowest BCUT2D eigenvalue weighted by atomic mass is 10.1. The Balaban J connectivity index is 0.00000280. The van der Waals surface area contributed by atoms with Crippen molar-refractivity contribution in [1.29, 1.82) is 0 Å². The van der Waals surface area contributed by atoms with Gasteiger partial charge >= 0.3 is 0 Å². The minimum atomic E-state index is 0. The summed E-state index contributed by atoms with van der Waals surface area (Å²) in [6, 6.07) is 24.3. The van der Waals surface area contributed by atoms with Crippen molar-refractivity contribution in [2.24, 2.45) is 0 Å². The Kier molecular flexibility index (Phi) is 8.65. The van der Waals surface area contributed by atoms with Crippen LogP contribution in [0.5, 0.6) is 11.5 Å². The van der Waals surface area contributed by atoms with Gasteiger partial charge in [0.2, 0.25) is 0 Å². The average molecular weight is 418 g/mol. The summed E-state index contributed by atoms with van der Waals surface area (Å²) in [4.78, 5) is 0. The molecule has 148 valence electrons. The zero-order valence-electron chi connectivity index (χ0n) is 16.0. The van der Waals surface area contributed by atoms with Gasteiger partial charge in [0, 0.05) is 23.2 Å². The van der Waals surface area contributed by atoms with Crippen molar-refractivity contribution in [3.05, 3.63) is 94.5 Å². The van der Waals surface area contributed by atoms with Crippen LogP contribution < -0.4 is 14.8 Å². The molecule has 3 aromatic rings. The van der Waals surface area contributed by atoms with Crippen molar-refractivity contribution in [1.82, 2.24) is 5.32 Å². The van der Waals surface area contributed by atoms with Gasteiger partial charge in [-0.05, 0) is 36.2 Å². The Labute approximate surface area is 178 Å².